The molecule has 2 heterocycles. The molecule has 0 atom stereocenters. The lowest BCUT2D eigenvalue weighted by atomic mass is 10.3. The molecule has 0 saturated carbocycles. The molecule has 0 saturated heterocycles. The summed E-state index contributed by atoms with van der Waals surface area (Å²) in [4.78, 5) is 20.5. The van der Waals surface area contributed by atoms with Crippen molar-refractivity contribution in [3.05, 3.63) is 34.9 Å². The highest BCUT2D eigenvalue weighted by molar-refractivity contribution is 9.10. The summed E-state index contributed by atoms with van der Waals surface area (Å²) in [5.41, 5.74) is 1.50. The molecule has 7 nitrogen and oxygen atoms in total. The average molecular weight is 363 g/mol. The average Bonchev–Trinajstić information content (AvgIpc) is 2.49. The predicted octanol–water partition coefficient (Wildman–Crippen LogP) is 2.92. The van der Waals surface area contributed by atoms with Gasteiger partial charge in [-0.15, -0.1) is 0 Å². The van der Waals surface area contributed by atoms with Crippen molar-refractivity contribution in [3.8, 4) is 0 Å². The number of carbonyl (C=O) groups is 1. The molecule has 8 heteroatoms. The van der Waals surface area contributed by atoms with Gasteiger partial charge in [-0.25, -0.2) is 9.78 Å². The van der Waals surface area contributed by atoms with E-state index in [0.29, 0.717) is 24.7 Å². The Morgan fingerprint density at radius 3 is 2.73 bits per heavy atom. The maximum atomic E-state index is 11.8. The minimum atomic E-state index is -0.217. The molecule has 114 valence electrons. The van der Waals surface area contributed by atoms with Crippen LogP contribution in [0.1, 0.15) is 6.42 Å². The van der Waals surface area contributed by atoms with Crippen molar-refractivity contribution in [3.63, 3.8) is 0 Å². The number of rotatable bonds is 0. The van der Waals surface area contributed by atoms with E-state index < -0.39 is 0 Å². The monoisotopic (exact) mass is 362 g/mol. The molecule has 0 fully saturated rings. The molecule has 0 unspecified atom stereocenters. The molecule has 1 aliphatic heterocycles. The van der Waals surface area contributed by atoms with Crippen LogP contribution in [-0.4, -0.2) is 29.1 Å². The third kappa shape index (κ3) is 3.64. The molecule has 1 aromatic carbocycles. The summed E-state index contributed by atoms with van der Waals surface area (Å²) in [5.74, 6) is 1.21. The first-order chi connectivity index (χ1) is 10.7. The maximum absolute atomic E-state index is 11.8. The van der Waals surface area contributed by atoms with Crippen molar-refractivity contribution in [2.45, 2.75) is 6.42 Å². The van der Waals surface area contributed by atoms with Crippen molar-refractivity contribution in [2.75, 3.05) is 29.0 Å². The number of urea groups is 1. The summed E-state index contributed by atoms with van der Waals surface area (Å²) in [6, 6.07) is 7.16. The zero-order valence-electron chi connectivity index (χ0n) is 11.7. The van der Waals surface area contributed by atoms with Gasteiger partial charge in [0, 0.05) is 30.7 Å². The lowest BCUT2D eigenvalue weighted by Gasteiger charge is -2.13. The molecule has 22 heavy (non-hydrogen) atoms. The van der Waals surface area contributed by atoms with Gasteiger partial charge < -0.3 is 21.3 Å². The van der Waals surface area contributed by atoms with Crippen LogP contribution in [0.25, 0.3) is 0 Å². The Hall–Kier alpha value is -2.35. The Balaban J connectivity index is 1.91. The first-order valence-electron chi connectivity index (χ1n) is 6.89. The second-order valence-electron chi connectivity index (χ2n) is 4.76. The van der Waals surface area contributed by atoms with Gasteiger partial charge in [-0.2, -0.15) is 4.98 Å². The fourth-order valence-corrected chi connectivity index (χ4v) is 2.36. The zero-order chi connectivity index (χ0) is 15.4. The molecular formula is C14H15BrN6O. The number of fused-ring (bicyclic) bond motifs is 4. The predicted molar refractivity (Wildman–Crippen MR) is 89.6 cm³/mol. The van der Waals surface area contributed by atoms with Gasteiger partial charge in [0.1, 0.15) is 5.82 Å². The summed E-state index contributed by atoms with van der Waals surface area (Å²) >= 11 is 3.42. The normalized spacial score (nSPS) is 14.7. The second-order valence-corrected chi connectivity index (χ2v) is 5.61. The Labute approximate surface area is 136 Å². The smallest absolute Gasteiger partial charge is 0.319 e. The summed E-state index contributed by atoms with van der Waals surface area (Å²) in [6.45, 7) is 1.27. The lowest BCUT2D eigenvalue weighted by molar-refractivity contribution is 0.252. The molecule has 2 aromatic rings. The van der Waals surface area contributed by atoms with Crippen LogP contribution in [0.2, 0.25) is 0 Å². The number of aromatic nitrogens is 2. The highest BCUT2D eigenvalue weighted by Gasteiger charge is 2.08. The van der Waals surface area contributed by atoms with Crippen LogP contribution < -0.4 is 21.3 Å². The minimum absolute atomic E-state index is 0.217. The van der Waals surface area contributed by atoms with E-state index in [9.17, 15) is 4.79 Å². The van der Waals surface area contributed by atoms with E-state index >= 15 is 0 Å². The largest absolute Gasteiger partial charge is 0.369 e. The Bertz CT molecular complexity index is 693. The van der Waals surface area contributed by atoms with Crippen molar-refractivity contribution in [2.24, 2.45) is 0 Å². The topological polar surface area (TPSA) is 91.0 Å². The second kappa shape index (κ2) is 6.61. The quantitative estimate of drug-likeness (QED) is 0.578. The van der Waals surface area contributed by atoms with E-state index in [1.54, 1.807) is 6.20 Å². The number of halogens is 1. The SMILES string of the molecule is O=C1NCCCNc2nc(ncc2Br)Nc2cccc(c2)N1. The van der Waals surface area contributed by atoms with E-state index in [2.05, 4.69) is 47.2 Å². The fraction of sp³-hybridized carbons (Fsp3) is 0.214. The van der Waals surface area contributed by atoms with Gasteiger partial charge in [0.25, 0.3) is 0 Å². The molecule has 4 bridgehead atoms. The van der Waals surface area contributed by atoms with Crippen LogP contribution in [0.15, 0.2) is 34.9 Å². The Morgan fingerprint density at radius 2 is 1.86 bits per heavy atom. The lowest BCUT2D eigenvalue weighted by Crippen LogP contribution is -2.30. The third-order valence-corrected chi connectivity index (χ3v) is 3.63. The number of amides is 2. The molecular weight excluding hydrogens is 348 g/mol. The standard InChI is InChI=1S/C14H15BrN6O/c15-11-8-18-13-19-9-3-1-4-10(7-9)20-14(22)17-6-2-5-16-12(11)21-13/h1,3-4,7-8H,2,5-6H2,(H2,17,20,22)(H2,16,18,19,21). The van der Waals surface area contributed by atoms with E-state index in [1.165, 1.54) is 0 Å². The number of nitrogens with zero attached hydrogens (tertiary/aromatic N) is 2. The van der Waals surface area contributed by atoms with Gasteiger partial charge in [-0.05, 0) is 40.5 Å². The van der Waals surface area contributed by atoms with Gasteiger partial charge >= 0.3 is 6.03 Å². The van der Waals surface area contributed by atoms with Gasteiger partial charge in [0.05, 0.1) is 4.47 Å². The molecule has 1 aromatic heterocycles. The van der Waals surface area contributed by atoms with Gasteiger partial charge in [-0.1, -0.05) is 6.07 Å². The molecule has 0 aliphatic carbocycles. The zero-order valence-corrected chi connectivity index (χ0v) is 13.3. The molecule has 1 aliphatic rings. The number of anilines is 4. The first kappa shape index (κ1) is 14.6. The van der Waals surface area contributed by atoms with Crippen molar-refractivity contribution in [1.82, 2.24) is 15.3 Å². The number of hydrogen-bond acceptors (Lipinski definition) is 5. The summed E-state index contributed by atoms with van der Waals surface area (Å²) < 4.78 is 0.796. The Morgan fingerprint density at radius 1 is 1.09 bits per heavy atom. The van der Waals surface area contributed by atoms with Crippen molar-refractivity contribution in [1.29, 1.82) is 0 Å². The number of carbonyl (C=O) groups excluding carboxylic acids is 1. The molecule has 4 N–H and O–H groups in total. The number of benzene rings is 1. The van der Waals surface area contributed by atoms with Crippen LogP contribution >= 0.6 is 15.9 Å². The third-order valence-electron chi connectivity index (χ3n) is 3.05. The minimum Gasteiger partial charge on any atom is -0.369 e. The van der Waals surface area contributed by atoms with Crippen LogP contribution in [0.4, 0.5) is 27.9 Å². The fourth-order valence-electron chi connectivity index (χ4n) is 2.03. The maximum Gasteiger partial charge on any atom is 0.319 e. The molecule has 0 radical (unpaired) electrons. The van der Waals surface area contributed by atoms with Crippen LogP contribution in [-0.2, 0) is 0 Å². The van der Waals surface area contributed by atoms with Crippen LogP contribution in [0.3, 0.4) is 0 Å². The summed E-state index contributed by atoms with van der Waals surface area (Å²) in [6.07, 6.45) is 2.49. The van der Waals surface area contributed by atoms with E-state index in [4.69, 9.17) is 0 Å². The van der Waals surface area contributed by atoms with E-state index in [1.807, 2.05) is 24.3 Å². The van der Waals surface area contributed by atoms with Crippen LogP contribution in [0.5, 0.6) is 0 Å². The molecule has 0 spiro atoms. The van der Waals surface area contributed by atoms with Crippen molar-refractivity contribution < 1.29 is 4.79 Å². The van der Waals surface area contributed by atoms with Gasteiger partial charge in [-0.3, -0.25) is 0 Å². The van der Waals surface area contributed by atoms with Crippen molar-refractivity contribution >= 4 is 45.1 Å². The first-order valence-corrected chi connectivity index (χ1v) is 7.68. The van der Waals surface area contributed by atoms with Gasteiger partial charge in [0.2, 0.25) is 5.95 Å². The Kier molecular flexibility index (Phi) is 4.38. The summed E-state index contributed by atoms with van der Waals surface area (Å²) in [7, 11) is 0. The highest BCUT2D eigenvalue weighted by Crippen LogP contribution is 2.23. The number of nitrogens with one attached hydrogen (secondary N) is 4. The summed E-state index contributed by atoms with van der Waals surface area (Å²) in [5, 5.41) is 11.9. The molecule has 3 rings (SSSR count). The molecule has 2 amide bonds. The highest BCUT2D eigenvalue weighted by atomic mass is 79.9. The van der Waals surface area contributed by atoms with Gasteiger partial charge in [0.15, 0.2) is 0 Å². The van der Waals surface area contributed by atoms with Crippen LogP contribution in [0, 0.1) is 0 Å². The van der Waals surface area contributed by atoms with E-state index in [0.717, 1.165) is 22.4 Å². The van der Waals surface area contributed by atoms with E-state index in [-0.39, 0.29) is 6.03 Å². The number of hydrogen-bond donors (Lipinski definition) is 4.